The van der Waals surface area contributed by atoms with Crippen molar-refractivity contribution in [1.29, 1.82) is 5.26 Å². The number of aromatic amines is 1. The zero-order valence-electron chi connectivity index (χ0n) is 20.6. The van der Waals surface area contributed by atoms with Crippen molar-refractivity contribution in [3.05, 3.63) is 88.5 Å². The van der Waals surface area contributed by atoms with E-state index in [1.165, 1.54) is 6.07 Å². The summed E-state index contributed by atoms with van der Waals surface area (Å²) in [7, 11) is 0. The first-order valence-corrected chi connectivity index (χ1v) is 12.2. The fraction of sp³-hybridized carbons (Fsp3) is 0.370. The number of nitrogens with zero attached hydrogens (tertiary/aromatic N) is 4. The normalized spacial score (nSPS) is 15.3. The van der Waals surface area contributed by atoms with Crippen molar-refractivity contribution in [3.63, 3.8) is 0 Å². The minimum atomic E-state index is -4.38. The summed E-state index contributed by atoms with van der Waals surface area (Å²) in [6.07, 6.45) is -1.49. The third-order valence-corrected chi connectivity index (χ3v) is 6.58. The predicted molar refractivity (Wildman–Crippen MR) is 133 cm³/mol. The first-order chi connectivity index (χ1) is 17.7. The molecule has 2 aromatic carbocycles. The van der Waals surface area contributed by atoms with Crippen LogP contribution in [0.1, 0.15) is 39.8 Å². The van der Waals surface area contributed by atoms with Crippen LogP contribution < -0.4 is 5.32 Å². The van der Waals surface area contributed by atoms with Crippen LogP contribution in [0, 0.1) is 18.3 Å². The summed E-state index contributed by atoms with van der Waals surface area (Å²) in [5.41, 5.74) is 2.56. The zero-order valence-corrected chi connectivity index (χ0v) is 20.6. The molecule has 0 saturated carbocycles. The Morgan fingerprint density at radius 1 is 1.14 bits per heavy atom. The van der Waals surface area contributed by atoms with E-state index in [2.05, 4.69) is 26.3 Å². The Balaban J connectivity index is 1.32. The molecule has 1 aliphatic rings. The van der Waals surface area contributed by atoms with Crippen molar-refractivity contribution >= 4 is 6.03 Å². The van der Waals surface area contributed by atoms with Gasteiger partial charge in [0.15, 0.2) is 0 Å². The summed E-state index contributed by atoms with van der Waals surface area (Å²) in [4.78, 5) is 24.4. The van der Waals surface area contributed by atoms with Crippen LogP contribution in [0.15, 0.2) is 54.7 Å². The largest absolute Gasteiger partial charge is 0.416 e. The Bertz CT molecular complexity index is 1240. The molecule has 0 spiro atoms. The van der Waals surface area contributed by atoms with Crippen LogP contribution in [0.4, 0.5) is 18.0 Å². The van der Waals surface area contributed by atoms with Gasteiger partial charge < -0.3 is 15.2 Å². The Labute approximate surface area is 213 Å². The Morgan fingerprint density at radius 3 is 2.49 bits per heavy atom. The Kier molecular flexibility index (Phi) is 8.14. The van der Waals surface area contributed by atoms with E-state index in [-0.39, 0.29) is 18.6 Å². The van der Waals surface area contributed by atoms with Gasteiger partial charge in [0.05, 0.1) is 28.9 Å². The SMILES string of the molecule is Cc1ncc(C(Cc2ccc(C#N)cc2)N2CCN(C(=O)NCCc3cccc(C(F)(F)F)c3)CC2)[nH]1. The average molecular weight is 511 g/mol. The summed E-state index contributed by atoms with van der Waals surface area (Å²) in [5.74, 6) is 0.832. The number of nitriles is 1. The third-order valence-electron chi connectivity index (χ3n) is 6.58. The van der Waals surface area contributed by atoms with Crippen LogP contribution in [0.3, 0.4) is 0 Å². The number of aromatic nitrogens is 2. The van der Waals surface area contributed by atoms with Gasteiger partial charge in [-0.25, -0.2) is 9.78 Å². The zero-order chi connectivity index (χ0) is 26.4. The van der Waals surface area contributed by atoms with Crippen LogP contribution in [0.5, 0.6) is 0 Å². The highest BCUT2D eigenvalue weighted by Gasteiger charge is 2.30. The Hall–Kier alpha value is -3.84. The molecule has 2 amide bonds. The molecule has 0 aliphatic carbocycles. The third kappa shape index (κ3) is 6.89. The van der Waals surface area contributed by atoms with Crippen molar-refractivity contribution in [1.82, 2.24) is 25.1 Å². The summed E-state index contributed by atoms with van der Waals surface area (Å²) in [5, 5.41) is 11.9. The van der Waals surface area contributed by atoms with E-state index in [9.17, 15) is 18.0 Å². The standard InChI is InChI=1S/C27H29F3N6O/c1-19-33-18-24(34-19)25(16-21-5-7-22(17-31)8-6-21)35-11-13-36(14-12-35)26(37)32-10-9-20-3-2-4-23(15-20)27(28,29)30/h2-8,15,18,25H,9-14,16H2,1H3,(H,32,37)(H,33,34). The molecule has 0 radical (unpaired) electrons. The molecule has 1 saturated heterocycles. The van der Waals surface area contributed by atoms with Crippen LogP contribution in [0.25, 0.3) is 0 Å². The first-order valence-electron chi connectivity index (χ1n) is 12.2. The van der Waals surface area contributed by atoms with Crippen LogP contribution in [-0.2, 0) is 19.0 Å². The van der Waals surface area contributed by atoms with Gasteiger partial charge in [-0.2, -0.15) is 18.4 Å². The highest BCUT2D eigenvalue weighted by atomic mass is 19.4. The molecular formula is C27H29F3N6O. The average Bonchev–Trinajstić information content (AvgIpc) is 3.33. The lowest BCUT2D eigenvalue weighted by molar-refractivity contribution is -0.137. The van der Waals surface area contributed by atoms with Gasteiger partial charge in [-0.1, -0.05) is 30.3 Å². The minimum absolute atomic E-state index is 0.0419. The van der Waals surface area contributed by atoms with Gasteiger partial charge in [0.25, 0.3) is 0 Å². The number of rotatable bonds is 7. The number of piperazine rings is 1. The van der Waals surface area contributed by atoms with E-state index in [0.29, 0.717) is 43.7 Å². The number of benzene rings is 2. The number of hydrogen-bond acceptors (Lipinski definition) is 4. The molecule has 1 aromatic heterocycles. The summed E-state index contributed by atoms with van der Waals surface area (Å²) in [6, 6.07) is 14.7. The maximum Gasteiger partial charge on any atom is 0.416 e. The number of urea groups is 1. The molecule has 1 fully saturated rings. The molecule has 1 aliphatic heterocycles. The number of halogens is 3. The smallest absolute Gasteiger partial charge is 0.345 e. The fourth-order valence-electron chi connectivity index (χ4n) is 4.55. The lowest BCUT2D eigenvalue weighted by Gasteiger charge is -2.39. The maximum atomic E-state index is 12.9. The summed E-state index contributed by atoms with van der Waals surface area (Å²) in [6.45, 7) is 4.57. The quantitative estimate of drug-likeness (QED) is 0.491. The molecule has 4 rings (SSSR count). The predicted octanol–water partition coefficient (Wildman–Crippen LogP) is 4.46. The molecule has 0 bridgehead atoms. The van der Waals surface area contributed by atoms with Crippen molar-refractivity contribution in [3.8, 4) is 6.07 Å². The van der Waals surface area contributed by atoms with E-state index in [1.807, 2.05) is 37.4 Å². The number of imidazole rings is 1. The number of carbonyl (C=O) groups excluding carboxylic acids is 1. The summed E-state index contributed by atoms with van der Waals surface area (Å²) >= 11 is 0. The van der Waals surface area contributed by atoms with Crippen molar-refractivity contribution < 1.29 is 18.0 Å². The number of alkyl halides is 3. The highest BCUT2D eigenvalue weighted by molar-refractivity contribution is 5.74. The first kappa shape index (κ1) is 26.2. The molecular weight excluding hydrogens is 481 g/mol. The molecule has 1 unspecified atom stereocenters. The number of hydrogen-bond donors (Lipinski definition) is 2. The van der Waals surface area contributed by atoms with Gasteiger partial charge in [-0.05, 0) is 49.1 Å². The van der Waals surface area contributed by atoms with E-state index in [4.69, 9.17) is 5.26 Å². The molecule has 1 atom stereocenters. The lowest BCUT2D eigenvalue weighted by atomic mass is 10.0. The van der Waals surface area contributed by atoms with Gasteiger partial charge in [-0.3, -0.25) is 4.90 Å². The minimum Gasteiger partial charge on any atom is -0.345 e. The van der Waals surface area contributed by atoms with Crippen LogP contribution in [0.2, 0.25) is 0 Å². The van der Waals surface area contributed by atoms with Gasteiger partial charge in [0.2, 0.25) is 0 Å². The monoisotopic (exact) mass is 510 g/mol. The molecule has 7 nitrogen and oxygen atoms in total. The molecule has 2 heterocycles. The maximum absolute atomic E-state index is 12.9. The molecule has 10 heteroatoms. The highest BCUT2D eigenvalue weighted by Crippen LogP contribution is 2.29. The number of H-pyrrole nitrogens is 1. The van der Waals surface area contributed by atoms with Crippen molar-refractivity contribution in [2.75, 3.05) is 32.7 Å². The van der Waals surface area contributed by atoms with Crippen molar-refractivity contribution in [2.45, 2.75) is 32.0 Å². The van der Waals surface area contributed by atoms with E-state index < -0.39 is 11.7 Å². The number of carbonyl (C=O) groups is 1. The van der Waals surface area contributed by atoms with Crippen LogP contribution >= 0.6 is 0 Å². The lowest BCUT2D eigenvalue weighted by Crippen LogP contribution is -2.53. The van der Waals surface area contributed by atoms with Gasteiger partial charge in [0.1, 0.15) is 5.82 Å². The van der Waals surface area contributed by atoms with Gasteiger partial charge in [0, 0.05) is 38.9 Å². The van der Waals surface area contributed by atoms with E-state index in [1.54, 1.807) is 11.0 Å². The topological polar surface area (TPSA) is 88.1 Å². The molecule has 2 N–H and O–H groups in total. The molecule has 194 valence electrons. The second-order valence-electron chi connectivity index (χ2n) is 9.16. The second kappa shape index (κ2) is 11.5. The van der Waals surface area contributed by atoms with Crippen molar-refractivity contribution in [2.24, 2.45) is 0 Å². The van der Waals surface area contributed by atoms with Gasteiger partial charge in [-0.15, -0.1) is 0 Å². The fourth-order valence-corrected chi connectivity index (χ4v) is 4.55. The number of nitrogens with one attached hydrogen (secondary N) is 2. The van der Waals surface area contributed by atoms with E-state index in [0.717, 1.165) is 35.6 Å². The molecule has 37 heavy (non-hydrogen) atoms. The Morgan fingerprint density at radius 2 is 1.86 bits per heavy atom. The van der Waals surface area contributed by atoms with Gasteiger partial charge >= 0.3 is 12.2 Å². The summed E-state index contributed by atoms with van der Waals surface area (Å²) < 4.78 is 38.7. The number of aryl methyl sites for hydroxylation is 1. The second-order valence-corrected chi connectivity index (χ2v) is 9.16. The number of amides is 2. The molecule has 3 aromatic rings. The van der Waals surface area contributed by atoms with Crippen LogP contribution in [-0.4, -0.2) is 58.5 Å². The van der Waals surface area contributed by atoms with E-state index >= 15 is 0 Å².